The van der Waals surface area contributed by atoms with Crippen LogP contribution >= 0.6 is 0 Å². The van der Waals surface area contributed by atoms with Crippen molar-refractivity contribution in [3.8, 4) is 24.2 Å². The minimum absolute atomic E-state index is 0. The first-order valence-electron chi connectivity index (χ1n) is 2.62. The Morgan fingerprint density at radius 2 is 1.54 bits per heavy atom. The van der Waals surface area contributed by atoms with Crippen molar-refractivity contribution < 1.29 is 19.5 Å². The summed E-state index contributed by atoms with van der Waals surface area (Å²) in [5.74, 6) is 5.27. The summed E-state index contributed by atoms with van der Waals surface area (Å²) in [6.45, 7) is 3.13. The summed E-state index contributed by atoms with van der Waals surface area (Å²) in [4.78, 5) is 25.7. The Hall–Kier alpha value is -2.03. The van der Waals surface area contributed by atoms with E-state index >= 15 is 0 Å². The molecule has 0 bridgehead atoms. The molecule has 0 unspecified atom stereocenters. The van der Waals surface area contributed by atoms with Gasteiger partial charge in [-0.3, -0.25) is 0 Å². The van der Waals surface area contributed by atoms with Gasteiger partial charge in [0.25, 0.3) is 0 Å². The van der Waals surface area contributed by atoms with E-state index < -0.39 is 5.97 Å². The second-order valence-electron chi connectivity index (χ2n) is 1.05. The smallest absolute Gasteiger partial charge is 0.381 e. The predicted molar refractivity (Wildman–Crippen MR) is 47.3 cm³/mol. The molecule has 4 nitrogen and oxygen atoms in total. The van der Waals surface area contributed by atoms with E-state index in [0.717, 1.165) is 0 Å². The Bertz CT molecular complexity index is 231. The predicted octanol–water partition coefficient (Wildman–Crippen LogP) is 0.786. The van der Waals surface area contributed by atoms with Gasteiger partial charge in [-0.15, -0.1) is 12.3 Å². The molecule has 0 amide bonds. The fourth-order valence-corrected chi connectivity index (χ4v) is 0.107. The number of hydrogen-bond donors (Lipinski definition) is 1. The summed E-state index contributed by atoms with van der Waals surface area (Å²) in [5, 5.41) is 7.74. The molecule has 0 spiro atoms. The Labute approximate surface area is 78.0 Å². The quantitative estimate of drug-likeness (QED) is 0.565. The number of rotatable bonds is 0. The third kappa shape index (κ3) is 673. The second kappa shape index (κ2) is 32.5. The highest BCUT2D eigenvalue weighted by Gasteiger charge is 1.76. The van der Waals surface area contributed by atoms with Crippen LogP contribution in [0.5, 0.6) is 0 Å². The fourth-order valence-electron chi connectivity index (χ4n) is 0.107. The average molecular weight is 184 g/mol. The first-order valence-corrected chi connectivity index (χ1v) is 2.62. The van der Waals surface area contributed by atoms with Gasteiger partial charge >= 0.3 is 12.1 Å². The Balaban J connectivity index is -0.0000000501. The topological polar surface area (TPSA) is 71.4 Å². The van der Waals surface area contributed by atoms with Crippen LogP contribution in [0.1, 0.15) is 21.3 Å². The van der Waals surface area contributed by atoms with E-state index in [1.165, 1.54) is 6.92 Å². The molecule has 0 aromatic heterocycles. The van der Waals surface area contributed by atoms with Crippen molar-refractivity contribution in [1.29, 1.82) is 0 Å². The van der Waals surface area contributed by atoms with Crippen LogP contribution in [0.15, 0.2) is 0 Å². The summed E-state index contributed by atoms with van der Waals surface area (Å²) in [6.07, 6.45) is 4.85. The average Bonchev–Trinajstić information content (AvgIpc) is 1.89. The Morgan fingerprint density at radius 3 is 1.54 bits per heavy atom. The van der Waals surface area contributed by atoms with E-state index in [9.17, 15) is 4.79 Å². The molecule has 0 aliphatic rings. The molecule has 0 aromatic carbocycles. The van der Waals surface area contributed by atoms with Gasteiger partial charge in [0, 0.05) is 5.92 Å². The zero-order valence-corrected chi connectivity index (χ0v) is 6.75. The van der Waals surface area contributed by atoms with Crippen LogP contribution in [0.4, 0.5) is 0 Å². The molecule has 0 saturated heterocycles. The van der Waals surface area contributed by atoms with Crippen molar-refractivity contribution in [2.75, 3.05) is 0 Å². The van der Waals surface area contributed by atoms with Crippen molar-refractivity contribution in [3.63, 3.8) is 0 Å². The number of terminal acetylenes is 1. The number of carboxylic acid groups (broad SMARTS) is 1. The lowest BCUT2D eigenvalue weighted by atomic mass is 10.6. The number of carbonyl (C=O) groups is 1. The number of carbonyl (C=O) groups excluding carboxylic acids is 2. The molecular weight excluding hydrogens is 172 g/mol. The van der Waals surface area contributed by atoms with Crippen LogP contribution in [0.3, 0.4) is 0 Å². The van der Waals surface area contributed by atoms with Crippen LogP contribution in [-0.4, -0.2) is 17.2 Å². The summed E-state index contributed by atoms with van der Waals surface area (Å²) in [7, 11) is 0. The van der Waals surface area contributed by atoms with Crippen molar-refractivity contribution in [1.82, 2.24) is 0 Å². The molecule has 0 atom stereocenters. The Morgan fingerprint density at radius 1 is 1.31 bits per heavy atom. The van der Waals surface area contributed by atoms with E-state index in [0.29, 0.717) is 0 Å². The van der Waals surface area contributed by atoms with Crippen LogP contribution in [-0.2, 0) is 14.4 Å². The monoisotopic (exact) mass is 184 g/mol. The van der Waals surface area contributed by atoms with Gasteiger partial charge in [-0.05, 0) is 13.8 Å². The molecule has 1 N–H and O–H groups in total. The molecular formula is C9H12O4. The standard InChI is InChI=1S/C4H4O2.C3H4.CO2.CH4/c1-2-3-4(5)6;1-3-2;2-1-3;/h1H3,(H,5,6);1H,2H3;;1H4. The summed E-state index contributed by atoms with van der Waals surface area (Å²) in [5.41, 5.74) is 0. The largest absolute Gasteiger partial charge is 0.472 e. The van der Waals surface area contributed by atoms with Gasteiger partial charge in [-0.2, -0.15) is 9.59 Å². The van der Waals surface area contributed by atoms with E-state index in [2.05, 4.69) is 18.3 Å². The van der Waals surface area contributed by atoms with Gasteiger partial charge in [0.2, 0.25) is 0 Å². The van der Waals surface area contributed by atoms with Gasteiger partial charge in [-0.25, -0.2) is 4.79 Å². The van der Waals surface area contributed by atoms with Crippen LogP contribution < -0.4 is 0 Å². The third-order valence-corrected chi connectivity index (χ3v) is 0.232. The maximum Gasteiger partial charge on any atom is 0.381 e. The zero-order valence-electron chi connectivity index (χ0n) is 6.75. The summed E-state index contributed by atoms with van der Waals surface area (Å²) in [6, 6.07) is 0. The van der Waals surface area contributed by atoms with Gasteiger partial charge in [-0.1, -0.05) is 13.3 Å². The molecule has 0 aliphatic carbocycles. The lowest BCUT2D eigenvalue weighted by molar-refractivity contribution is -0.191. The van der Waals surface area contributed by atoms with Gasteiger partial charge in [0.15, 0.2) is 0 Å². The molecule has 0 aliphatic heterocycles. The molecule has 4 heteroatoms. The van der Waals surface area contributed by atoms with E-state index in [1.807, 2.05) is 5.92 Å². The van der Waals surface area contributed by atoms with E-state index in [1.54, 1.807) is 6.92 Å². The second-order valence-corrected chi connectivity index (χ2v) is 1.05. The summed E-state index contributed by atoms with van der Waals surface area (Å²) >= 11 is 0. The third-order valence-electron chi connectivity index (χ3n) is 0.232. The highest BCUT2D eigenvalue weighted by molar-refractivity contribution is 5.86. The molecule has 0 fully saturated rings. The summed E-state index contributed by atoms with van der Waals surface area (Å²) < 4.78 is 0. The normalized spacial score (nSPS) is 3.77. The minimum Gasteiger partial charge on any atom is -0.472 e. The van der Waals surface area contributed by atoms with Gasteiger partial charge in [0.1, 0.15) is 0 Å². The van der Waals surface area contributed by atoms with E-state index in [4.69, 9.17) is 14.7 Å². The molecule has 0 heterocycles. The first kappa shape index (κ1) is 22.4. The molecule has 72 valence electrons. The maximum atomic E-state index is 9.43. The molecule has 0 saturated carbocycles. The minimum atomic E-state index is -1.07. The highest BCUT2D eigenvalue weighted by atomic mass is 16.4. The van der Waals surface area contributed by atoms with Crippen LogP contribution in [0.2, 0.25) is 0 Å². The maximum absolute atomic E-state index is 9.43. The van der Waals surface area contributed by atoms with Crippen molar-refractivity contribution in [3.05, 3.63) is 0 Å². The van der Waals surface area contributed by atoms with E-state index in [-0.39, 0.29) is 13.6 Å². The van der Waals surface area contributed by atoms with Crippen LogP contribution in [0.25, 0.3) is 0 Å². The SMILES string of the molecule is C.C#CC.CC#CC(=O)O.O=C=O. The Kier molecular flexibility index (Phi) is 56.1. The van der Waals surface area contributed by atoms with Crippen LogP contribution in [0, 0.1) is 24.2 Å². The van der Waals surface area contributed by atoms with Crippen molar-refractivity contribution in [2.24, 2.45) is 0 Å². The molecule has 0 aromatic rings. The van der Waals surface area contributed by atoms with Gasteiger partial charge in [0.05, 0.1) is 0 Å². The van der Waals surface area contributed by atoms with Crippen molar-refractivity contribution in [2.45, 2.75) is 21.3 Å². The van der Waals surface area contributed by atoms with Crippen molar-refractivity contribution >= 4 is 12.1 Å². The highest BCUT2D eigenvalue weighted by Crippen LogP contribution is 1.51. The molecule has 0 radical (unpaired) electrons. The first-order chi connectivity index (χ1) is 5.60. The lowest BCUT2D eigenvalue weighted by Gasteiger charge is -1.63. The number of hydrogen-bond acceptors (Lipinski definition) is 3. The number of aliphatic carboxylic acids is 1. The van der Waals surface area contributed by atoms with Gasteiger partial charge < -0.3 is 5.11 Å². The fraction of sp³-hybridized carbons (Fsp3) is 0.333. The lowest BCUT2D eigenvalue weighted by Crippen LogP contribution is -1.84. The molecule has 0 rings (SSSR count). The zero-order chi connectivity index (χ0) is 10.4. The molecule has 13 heavy (non-hydrogen) atoms. The number of carboxylic acids is 1.